The highest BCUT2D eigenvalue weighted by molar-refractivity contribution is 7.89. The van der Waals surface area contributed by atoms with Crippen molar-refractivity contribution in [3.05, 3.63) is 27.8 Å². The molecule has 1 unspecified atom stereocenters. The molecule has 0 aliphatic carbocycles. The smallest absolute Gasteiger partial charge is 0.241 e. The summed E-state index contributed by atoms with van der Waals surface area (Å²) in [5.74, 6) is 0. The van der Waals surface area contributed by atoms with E-state index in [2.05, 4.69) is 4.72 Å². The molecule has 1 atom stereocenters. The first kappa shape index (κ1) is 18.1. The number of rotatable bonds is 6. The van der Waals surface area contributed by atoms with Crippen molar-refractivity contribution < 1.29 is 13.5 Å². The van der Waals surface area contributed by atoms with Gasteiger partial charge in [-0.05, 0) is 82.2 Å². The summed E-state index contributed by atoms with van der Waals surface area (Å²) in [6.07, 6.45) is 0.812. The van der Waals surface area contributed by atoms with Gasteiger partial charge in [0.2, 0.25) is 10.0 Å². The maximum Gasteiger partial charge on any atom is 0.241 e. The molecule has 0 amide bonds. The predicted molar refractivity (Wildman–Crippen MR) is 86.2 cm³/mol. The van der Waals surface area contributed by atoms with E-state index in [0.29, 0.717) is 24.3 Å². The number of aliphatic hydroxyl groups is 1. The van der Waals surface area contributed by atoms with E-state index in [1.807, 2.05) is 34.6 Å². The maximum absolute atomic E-state index is 12.6. The van der Waals surface area contributed by atoms with E-state index in [1.165, 1.54) is 0 Å². The van der Waals surface area contributed by atoms with E-state index >= 15 is 0 Å². The Hall–Kier alpha value is -0.910. The number of hydrogen-bond donors (Lipinski definition) is 2. The molecule has 0 spiro atoms. The number of hydrogen-bond acceptors (Lipinski definition) is 3. The van der Waals surface area contributed by atoms with Gasteiger partial charge in [0.1, 0.15) is 0 Å². The van der Waals surface area contributed by atoms with Gasteiger partial charge in [0.15, 0.2) is 0 Å². The summed E-state index contributed by atoms with van der Waals surface area (Å²) in [6, 6.07) is 0. The molecule has 4 nitrogen and oxygen atoms in total. The Kier molecular flexibility index (Phi) is 5.96. The van der Waals surface area contributed by atoms with Crippen molar-refractivity contribution >= 4 is 10.0 Å². The molecule has 0 heterocycles. The molecule has 1 aromatic rings. The van der Waals surface area contributed by atoms with Crippen molar-refractivity contribution in [2.24, 2.45) is 0 Å². The van der Waals surface area contributed by atoms with Gasteiger partial charge in [-0.15, -0.1) is 0 Å². The molecule has 0 aliphatic heterocycles. The molecule has 0 aromatic heterocycles. The van der Waals surface area contributed by atoms with E-state index in [1.54, 1.807) is 6.92 Å². The predicted octanol–water partition coefficient (Wildman–Crippen LogP) is 2.67. The fourth-order valence-electron chi connectivity index (χ4n) is 2.54. The first-order valence-electron chi connectivity index (χ1n) is 7.34. The van der Waals surface area contributed by atoms with Gasteiger partial charge in [-0.2, -0.15) is 0 Å². The van der Waals surface area contributed by atoms with Gasteiger partial charge in [0.25, 0.3) is 0 Å². The minimum atomic E-state index is -3.51. The monoisotopic (exact) mass is 313 g/mol. The topological polar surface area (TPSA) is 66.4 Å². The summed E-state index contributed by atoms with van der Waals surface area (Å²) in [7, 11) is -3.51. The number of benzene rings is 1. The minimum Gasteiger partial charge on any atom is -0.393 e. The van der Waals surface area contributed by atoms with Crippen LogP contribution in [0, 0.1) is 34.6 Å². The standard InChI is InChI=1S/C16H27NO3S/c1-10(18)8-7-9-17-21(19,20)16-14(5)12(3)11(2)13(4)15(16)6/h10,17-18H,7-9H2,1-6H3. The molecular formula is C16H27NO3S. The van der Waals surface area contributed by atoms with Gasteiger partial charge in [0, 0.05) is 6.54 Å². The second kappa shape index (κ2) is 6.90. The van der Waals surface area contributed by atoms with Gasteiger partial charge >= 0.3 is 0 Å². The molecule has 5 heteroatoms. The lowest BCUT2D eigenvalue weighted by Gasteiger charge is -2.19. The molecular weight excluding hydrogens is 286 g/mol. The molecule has 0 fully saturated rings. The molecule has 0 bridgehead atoms. The second-order valence-corrected chi connectivity index (χ2v) is 7.55. The average molecular weight is 313 g/mol. The van der Waals surface area contributed by atoms with Crippen LogP contribution in [0.15, 0.2) is 4.90 Å². The molecule has 1 aromatic carbocycles. The molecule has 0 saturated heterocycles. The van der Waals surface area contributed by atoms with Crippen LogP contribution < -0.4 is 4.72 Å². The Labute approximate surface area is 128 Å². The first-order chi connectivity index (χ1) is 9.59. The van der Waals surface area contributed by atoms with E-state index in [4.69, 9.17) is 0 Å². The average Bonchev–Trinajstić information content (AvgIpc) is 2.39. The molecule has 0 saturated carbocycles. The third kappa shape index (κ3) is 4.05. The lowest BCUT2D eigenvalue weighted by atomic mass is 9.95. The Morgan fingerprint density at radius 1 is 0.952 bits per heavy atom. The zero-order chi connectivity index (χ0) is 16.4. The highest BCUT2D eigenvalue weighted by Gasteiger charge is 2.23. The van der Waals surface area contributed by atoms with Crippen molar-refractivity contribution in [3.63, 3.8) is 0 Å². The number of aliphatic hydroxyl groups excluding tert-OH is 1. The van der Waals surface area contributed by atoms with Crippen LogP contribution in [0.5, 0.6) is 0 Å². The van der Waals surface area contributed by atoms with Crippen LogP contribution in [0.2, 0.25) is 0 Å². The molecule has 0 radical (unpaired) electrons. The van der Waals surface area contributed by atoms with Gasteiger partial charge < -0.3 is 5.11 Å². The van der Waals surface area contributed by atoms with Gasteiger partial charge in [0.05, 0.1) is 11.0 Å². The highest BCUT2D eigenvalue weighted by Crippen LogP contribution is 2.29. The summed E-state index contributed by atoms with van der Waals surface area (Å²) < 4.78 is 27.8. The van der Waals surface area contributed by atoms with Crippen LogP contribution in [0.3, 0.4) is 0 Å². The third-order valence-electron chi connectivity index (χ3n) is 4.29. The molecule has 120 valence electrons. The SMILES string of the molecule is Cc1c(C)c(C)c(S(=O)(=O)NCCCC(C)O)c(C)c1C. The molecule has 0 aliphatic rings. The van der Waals surface area contributed by atoms with Crippen LogP contribution in [-0.2, 0) is 10.0 Å². The number of sulfonamides is 1. The van der Waals surface area contributed by atoms with Crippen LogP contribution in [0.1, 0.15) is 47.6 Å². The van der Waals surface area contributed by atoms with Crippen LogP contribution in [0.4, 0.5) is 0 Å². The maximum atomic E-state index is 12.6. The van der Waals surface area contributed by atoms with Crippen LogP contribution in [-0.4, -0.2) is 26.2 Å². The Morgan fingerprint density at radius 2 is 1.38 bits per heavy atom. The quantitative estimate of drug-likeness (QED) is 0.794. The largest absolute Gasteiger partial charge is 0.393 e. The zero-order valence-electron chi connectivity index (χ0n) is 13.9. The fourth-order valence-corrected chi connectivity index (χ4v) is 4.21. The summed E-state index contributed by atoms with van der Waals surface area (Å²) in [4.78, 5) is 0.403. The van der Waals surface area contributed by atoms with Gasteiger partial charge in [-0.3, -0.25) is 0 Å². The van der Waals surface area contributed by atoms with Gasteiger partial charge in [-0.25, -0.2) is 13.1 Å². The third-order valence-corrected chi connectivity index (χ3v) is 6.02. The van der Waals surface area contributed by atoms with E-state index in [-0.39, 0.29) is 0 Å². The summed E-state index contributed by atoms with van der Waals surface area (Å²) in [6.45, 7) is 11.7. The van der Waals surface area contributed by atoms with E-state index in [0.717, 1.165) is 27.8 Å². The first-order valence-corrected chi connectivity index (χ1v) is 8.82. The lowest BCUT2D eigenvalue weighted by Crippen LogP contribution is -2.27. The van der Waals surface area contributed by atoms with Crippen molar-refractivity contribution in [2.75, 3.05) is 6.54 Å². The Bertz CT molecular complexity index is 590. The van der Waals surface area contributed by atoms with E-state index < -0.39 is 16.1 Å². The second-order valence-electron chi connectivity index (χ2n) is 5.84. The Morgan fingerprint density at radius 3 is 1.81 bits per heavy atom. The summed E-state index contributed by atoms with van der Waals surface area (Å²) in [5.41, 5.74) is 4.85. The molecule has 21 heavy (non-hydrogen) atoms. The van der Waals surface area contributed by atoms with Crippen molar-refractivity contribution in [1.82, 2.24) is 4.72 Å². The normalized spacial score (nSPS) is 13.5. The van der Waals surface area contributed by atoms with Crippen molar-refractivity contribution in [2.45, 2.75) is 65.4 Å². The fraction of sp³-hybridized carbons (Fsp3) is 0.625. The summed E-state index contributed by atoms with van der Waals surface area (Å²) in [5, 5.41) is 9.21. The van der Waals surface area contributed by atoms with Crippen molar-refractivity contribution in [3.8, 4) is 0 Å². The van der Waals surface area contributed by atoms with Crippen LogP contribution >= 0.6 is 0 Å². The molecule has 2 N–H and O–H groups in total. The van der Waals surface area contributed by atoms with Crippen LogP contribution in [0.25, 0.3) is 0 Å². The summed E-state index contributed by atoms with van der Waals surface area (Å²) >= 11 is 0. The van der Waals surface area contributed by atoms with Gasteiger partial charge in [-0.1, -0.05) is 0 Å². The van der Waals surface area contributed by atoms with Crippen molar-refractivity contribution in [1.29, 1.82) is 0 Å². The Balaban J connectivity index is 3.10. The minimum absolute atomic E-state index is 0.345. The lowest BCUT2D eigenvalue weighted by molar-refractivity contribution is 0.182. The van der Waals surface area contributed by atoms with E-state index in [9.17, 15) is 13.5 Å². The highest BCUT2D eigenvalue weighted by atomic mass is 32.2. The zero-order valence-corrected chi connectivity index (χ0v) is 14.7. The molecule has 1 rings (SSSR count). The number of nitrogens with one attached hydrogen (secondary N) is 1.